The predicted octanol–water partition coefficient (Wildman–Crippen LogP) is 1.44. The maximum atomic E-state index is 12.5. The van der Waals surface area contributed by atoms with Gasteiger partial charge in [0.2, 0.25) is 10.0 Å². The van der Waals surface area contributed by atoms with Gasteiger partial charge in [0.05, 0.1) is 18.4 Å². The van der Waals surface area contributed by atoms with Gasteiger partial charge in [-0.25, -0.2) is 8.42 Å². The van der Waals surface area contributed by atoms with Crippen molar-refractivity contribution < 1.29 is 13.2 Å². The lowest BCUT2D eigenvalue weighted by Crippen LogP contribution is -2.44. The van der Waals surface area contributed by atoms with Crippen molar-refractivity contribution in [3.05, 3.63) is 22.7 Å². The summed E-state index contributed by atoms with van der Waals surface area (Å²) in [6.07, 6.45) is -0.0955. The Morgan fingerprint density at radius 3 is 2.89 bits per heavy atom. The molecule has 2 rings (SSSR count). The monoisotopic (exact) mass is 334 g/mol. The fraction of sp³-hybridized carbons (Fsp3) is 0.455. The second-order valence-electron chi connectivity index (χ2n) is 4.23. The zero-order chi connectivity index (χ0) is 13.3. The second kappa shape index (κ2) is 5.16. The van der Waals surface area contributed by atoms with Crippen molar-refractivity contribution in [3.63, 3.8) is 0 Å². The molecule has 0 amide bonds. The van der Waals surface area contributed by atoms with Crippen LogP contribution in [0.25, 0.3) is 0 Å². The van der Waals surface area contributed by atoms with Gasteiger partial charge in [-0.05, 0) is 25.1 Å². The van der Waals surface area contributed by atoms with Gasteiger partial charge in [-0.2, -0.15) is 4.31 Å². The third-order valence-electron chi connectivity index (χ3n) is 2.80. The summed E-state index contributed by atoms with van der Waals surface area (Å²) in [5, 5.41) is 0. The number of rotatable bonds is 2. The van der Waals surface area contributed by atoms with Crippen LogP contribution < -0.4 is 5.73 Å². The molecule has 0 spiro atoms. The van der Waals surface area contributed by atoms with Crippen molar-refractivity contribution in [1.29, 1.82) is 0 Å². The Kier molecular flexibility index (Phi) is 3.96. The van der Waals surface area contributed by atoms with E-state index in [0.29, 0.717) is 24.2 Å². The molecular weight excluding hydrogens is 320 g/mol. The van der Waals surface area contributed by atoms with Crippen molar-refractivity contribution >= 4 is 31.6 Å². The normalized spacial score (nSPS) is 22.0. The van der Waals surface area contributed by atoms with Crippen molar-refractivity contribution in [1.82, 2.24) is 4.31 Å². The van der Waals surface area contributed by atoms with Crippen LogP contribution in [-0.4, -0.2) is 38.5 Å². The molecule has 0 saturated carbocycles. The maximum Gasteiger partial charge on any atom is 0.245 e. The topological polar surface area (TPSA) is 72.6 Å². The lowest BCUT2D eigenvalue weighted by Gasteiger charge is -2.30. The van der Waals surface area contributed by atoms with E-state index in [9.17, 15) is 8.42 Å². The number of anilines is 1. The van der Waals surface area contributed by atoms with Crippen LogP contribution in [0.15, 0.2) is 27.6 Å². The summed E-state index contributed by atoms with van der Waals surface area (Å²) in [4.78, 5) is 0.144. The Balaban J connectivity index is 2.38. The predicted molar refractivity (Wildman–Crippen MR) is 72.7 cm³/mol. The van der Waals surface area contributed by atoms with Gasteiger partial charge in [0.25, 0.3) is 0 Å². The Hall–Kier alpha value is -0.630. The molecular formula is C11H15BrN2O3S. The van der Waals surface area contributed by atoms with E-state index in [-0.39, 0.29) is 16.7 Å². The standard InChI is InChI=1S/C11H15BrN2O3S/c1-8-7-14(4-5-17-8)18(15,16)11-6-9(12)2-3-10(11)13/h2-3,6,8H,4-5,7,13H2,1H3. The van der Waals surface area contributed by atoms with Gasteiger partial charge in [0.15, 0.2) is 0 Å². The molecule has 1 aromatic rings. The number of nitrogen functional groups attached to an aromatic ring is 1. The van der Waals surface area contributed by atoms with Crippen molar-refractivity contribution in [2.24, 2.45) is 0 Å². The number of sulfonamides is 1. The summed E-state index contributed by atoms with van der Waals surface area (Å²) in [6, 6.07) is 4.84. The van der Waals surface area contributed by atoms with E-state index in [1.54, 1.807) is 12.1 Å². The second-order valence-corrected chi connectivity index (χ2v) is 7.05. The molecule has 0 aliphatic carbocycles. The molecule has 1 atom stereocenters. The van der Waals surface area contributed by atoms with E-state index in [1.807, 2.05) is 6.92 Å². The average molecular weight is 335 g/mol. The minimum absolute atomic E-state index is 0.0955. The molecule has 1 heterocycles. The number of ether oxygens (including phenoxy) is 1. The van der Waals surface area contributed by atoms with Crippen LogP contribution >= 0.6 is 15.9 Å². The van der Waals surface area contributed by atoms with Crippen molar-refractivity contribution in [2.75, 3.05) is 25.4 Å². The molecule has 0 aromatic heterocycles. The number of morpholine rings is 1. The Morgan fingerprint density at radius 2 is 2.22 bits per heavy atom. The molecule has 7 heteroatoms. The summed E-state index contributed by atoms with van der Waals surface area (Å²) in [5.74, 6) is 0. The van der Waals surface area contributed by atoms with E-state index >= 15 is 0 Å². The van der Waals surface area contributed by atoms with Crippen LogP contribution in [0.5, 0.6) is 0 Å². The zero-order valence-electron chi connectivity index (χ0n) is 9.97. The highest BCUT2D eigenvalue weighted by Gasteiger charge is 2.30. The smallest absolute Gasteiger partial charge is 0.245 e. The third kappa shape index (κ3) is 2.69. The summed E-state index contributed by atoms with van der Waals surface area (Å²) in [5.41, 5.74) is 6.02. The van der Waals surface area contributed by atoms with E-state index in [0.717, 1.165) is 0 Å². The summed E-state index contributed by atoms with van der Waals surface area (Å²) in [6.45, 7) is 2.98. The summed E-state index contributed by atoms with van der Waals surface area (Å²) >= 11 is 3.26. The van der Waals surface area contributed by atoms with E-state index in [2.05, 4.69) is 15.9 Å². The first kappa shape index (κ1) is 13.8. The molecule has 1 saturated heterocycles. The quantitative estimate of drug-likeness (QED) is 0.830. The number of halogens is 1. The summed E-state index contributed by atoms with van der Waals surface area (Å²) in [7, 11) is -3.55. The molecule has 1 aliphatic heterocycles. The van der Waals surface area contributed by atoms with Crippen LogP contribution in [0, 0.1) is 0 Å². The van der Waals surface area contributed by atoms with Crippen LogP contribution in [-0.2, 0) is 14.8 Å². The lowest BCUT2D eigenvalue weighted by atomic mass is 10.3. The molecule has 0 radical (unpaired) electrons. The highest BCUT2D eigenvalue weighted by Crippen LogP contribution is 2.27. The number of hydrogen-bond donors (Lipinski definition) is 1. The van der Waals surface area contributed by atoms with Gasteiger partial charge in [-0.15, -0.1) is 0 Å². The van der Waals surface area contributed by atoms with Crippen molar-refractivity contribution in [3.8, 4) is 0 Å². The fourth-order valence-electron chi connectivity index (χ4n) is 1.88. The molecule has 100 valence electrons. The van der Waals surface area contributed by atoms with Crippen LogP contribution in [0.2, 0.25) is 0 Å². The van der Waals surface area contributed by atoms with Gasteiger partial charge in [0, 0.05) is 17.6 Å². The molecule has 1 fully saturated rings. The molecule has 0 bridgehead atoms. The number of nitrogens with zero attached hydrogens (tertiary/aromatic N) is 1. The SMILES string of the molecule is CC1CN(S(=O)(=O)c2cc(Br)ccc2N)CCO1. The first-order valence-corrected chi connectivity index (χ1v) is 7.81. The first-order chi connectivity index (χ1) is 8.41. The molecule has 1 aromatic carbocycles. The van der Waals surface area contributed by atoms with Crippen LogP contribution in [0.3, 0.4) is 0 Å². The maximum absolute atomic E-state index is 12.5. The number of nitrogens with two attached hydrogens (primary N) is 1. The third-order valence-corrected chi connectivity index (χ3v) is 5.21. The molecule has 1 unspecified atom stereocenters. The average Bonchev–Trinajstić information content (AvgIpc) is 2.32. The summed E-state index contributed by atoms with van der Waals surface area (Å²) < 4.78 is 32.4. The lowest BCUT2D eigenvalue weighted by molar-refractivity contribution is 0.0102. The van der Waals surface area contributed by atoms with Gasteiger partial charge in [-0.3, -0.25) is 0 Å². The number of benzene rings is 1. The molecule has 5 nitrogen and oxygen atoms in total. The van der Waals surface area contributed by atoms with Crippen LogP contribution in [0.4, 0.5) is 5.69 Å². The van der Waals surface area contributed by atoms with Crippen molar-refractivity contribution in [2.45, 2.75) is 17.9 Å². The van der Waals surface area contributed by atoms with Crippen LogP contribution in [0.1, 0.15) is 6.92 Å². The molecule has 18 heavy (non-hydrogen) atoms. The highest BCUT2D eigenvalue weighted by atomic mass is 79.9. The highest BCUT2D eigenvalue weighted by molar-refractivity contribution is 9.10. The van der Waals surface area contributed by atoms with Gasteiger partial charge < -0.3 is 10.5 Å². The first-order valence-electron chi connectivity index (χ1n) is 5.58. The van der Waals surface area contributed by atoms with Gasteiger partial charge >= 0.3 is 0 Å². The molecule has 1 aliphatic rings. The minimum atomic E-state index is -3.55. The largest absolute Gasteiger partial charge is 0.398 e. The van der Waals surface area contributed by atoms with E-state index in [4.69, 9.17) is 10.5 Å². The van der Waals surface area contributed by atoms with Gasteiger partial charge in [-0.1, -0.05) is 15.9 Å². The van der Waals surface area contributed by atoms with Gasteiger partial charge in [0.1, 0.15) is 4.90 Å². The van der Waals surface area contributed by atoms with E-state index < -0.39 is 10.0 Å². The number of hydrogen-bond acceptors (Lipinski definition) is 4. The Bertz CT molecular complexity index is 547. The zero-order valence-corrected chi connectivity index (χ0v) is 12.4. The Labute approximate surface area is 115 Å². The fourth-order valence-corrected chi connectivity index (χ4v) is 4.03. The Morgan fingerprint density at radius 1 is 1.50 bits per heavy atom. The molecule has 2 N–H and O–H groups in total. The minimum Gasteiger partial charge on any atom is -0.398 e. The van der Waals surface area contributed by atoms with E-state index in [1.165, 1.54) is 10.4 Å².